The number of hydrogen-bond acceptors (Lipinski definition) is 1. The predicted octanol–water partition coefficient (Wildman–Crippen LogP) is 2.54. The summed E-state index contributed by atoms with van der Waals surface area (Å²) in [6.07, 6.45) is 6.81. The van der Waals surface area contributed by atoms with Gasteiger partial charge >= 0.3 is 0 Å². The highest BCUT2D eigenvalue weighted by Gasteiger charge is 2.22. The summed E-state index contributed by atoms with van der Waals surface area (Å²) >= 11 is 0. The number of rotatable bonds is 3. The van der Waals surface area contributed by atoms with Gasteiger partial charge in [-0.2, -0.15) is 0 Å². The molecule has 0 aliphatic heterocycles. The van der Waals surface area contributed by atoms with Crippen LogP contribution in [0.1, 0.15) is 29.9 Å². The molecule has 13 heavy (non-hydrogen) atoms. The van der Waals surface area contributed by atoms with Crippen molar-refractivity contribution in [1.29, 1.82) is 0 Å². The Kier molecular flexibility index (Phi) is 2.46. The van der Waals surface area contributed by atoms with E-state index in [9.17, 15) is 0 Å². The highest BCUT2D eigenvalue weighted by Crippen LogP contribution is 2.40. The van der Waals surface area contributed by atoms with E-state index in [1.165, 1.54) is 24.0 Å². The molecule has 1 aromatic rings. The zero-order chi connectivity index (χ0) is 9.10. The van der Waals surface area contributed by atoms with Crippen LogP contribution < -0.4 is 5.73 Å². The first kappa shape index (κ1) is 8.52. The molecule has 0 saturated heterocycles. The van der Waals surface area contributed by atoms with Crippen LogP contribution in [0.3, 0.4) is 0 Å². The van der Waals surface area contributed by atoms with E-state index in [4.69, 9.17) is 5.73 Å². The molecule has 0 aromatic heterocycles. The first-order chi connectivity index (χ1) is 6.40. The molecule has 2 N–H and O–H groups in total. The van der Waals surface area contributed by atoms with Gasteiger partial charge in [0.15, 0.2) is 0 Å². The molecule has 0 spiro atoms. The van der Waals surface area contributed by atoms with E-state index < -0.39 is 0 Å². The summed E-state index contributed by atoms with van der Waals surface area (Å²) in [4.78, 5) is 0. The minimum atomic E-state index is 0.619. The zero-order valence-corrected chi connectivity index (χ0v) is 7.74. The lowest BCUT2D eigenvalue weighted by Gasteiger charge is -1.99. The van der Waals surface area contributed by atoms with Crippen molar-refractivity contribution >= 4 is 6.08 Å². The minimum Gasteiger partial charge on any atom is -0.327 e. The van der Waals surface area contributed by atoms with Gasteiger partial charge in [-0.25, -0.2) is 0 Å². The quantitative estimate of drug-likeness (QED) is 0.746. The van der Waals surface area contributed by atoms with Gasteiger partial charge in [-0.15, -0.1) is 0 Å². The van der Waals surface area contributed by atoms with Gasteiger partial charge in [0.2, 0.25) is 0 Å². The molecule has 1 aliphatic rings. The van der Waals surface area contributed by atoms with Crippen LogP contribution in [-0.2, 0) is 0 Å². The standard InChI is InChI=1S/C12H15N/c13-8-2-4-10-3-1-5-12(9-10)11-6-7-11/h1-5,9,11H,6-8,13H2/b4-2+. The van der Waals surface area contributed by atoms with Crippen molar-refractivity contribution in [2.45, 2.75) is 18.8 Å². The van der Waals surface area contributed by atoms with Crippen molar-refractivity contribution in [2.75, 3.05) is 6.54 Å². The molecule has 1 heteroatoms. The zero-order valence-electron chi connectivity index (χ0n) is 7.74. The second-order valence-electron chi connectivity index (χ2n) is 3.58. The number of hydrogen-bond donors (Lipinski definition) is 1. The van der Waals surface area contributed by atoms with Crippen LogP contribution in [-0.4, -0.2) is 6.54 Å². The lowest BCUT2D eigenvalue weighted by molar-refractivity contribution is 1.13. The number of benzene rings is 1. The van der Waals surface area contributed by atoms with Crippen molar-refractivity contribution < 1.29 is 0 Å². The summed E-state index contributed by atoms with van der Waals surface area (Å²) in [5.74, 6) is 0.839. The monoisotopic (exact) mass is 173 g/mol. The Hall–Kier alpha value is -1.08. The fourth-order valence-electron chi connectivity index (χ4n) is 1.54. The van der Waals surface area contributed by atoms with Crippen LogP contribution in [0.15, 0.2) is 30.3 Å². The van der Waals surface area contributed by atoms with Gasteiger partial charge in [0, 0.05) is 6.54 Å². The summed E-state index contributed by atoms with van der Waals surface area (Å²) in [5.41, 5.74) is 8.16. The molecule has 0 radical (unpaired) electrons. The Morgan fingerprint density at radius 2 is 2.23 bits per heavy atom. The van der Waals surface area contributed by atoms with E-state index in [0.29, 0.717) is 6.54 Å². The summed E-state index contributed by atoms with van der Waals surface area (Å²) in [7, 11) is 0. The molecular weight excluding hydrogens is 158 g/mol. The third-order valence-corrected chi connectivity index (χ3v) is 2.41. The summed E-state index contributed by atoms with van der Waals surface area (Å²) < 4.78 is 0. The van der Waals surface area contributed by atoms with Crippen LogP contribution in [0.2, 0.25) is 0 Å². The Bertz CT molecular complexity index is 311. The van der Waals surface area contributed by atoms with Crippen molar-refractivity contribution in [3.8, 4) is 0 Å². The first-order valence-corrected chi connectivity index (χ1v) is 4.87. The lowest BCUT2D eigenvalue weighted by Crippen LogP contribution is -1.92. The molecule has 68 valence electrons. The second-order valence-corrected chi connectivity index (χ2v) is 3.58. The second kappa shape index (κ2) is 3.75. The van der Waals surface area contributed by atoms with Crippen LogP contribution in [0, 0.1) is 0 Å². The van der Waals surface area contributed by atoms with Gasteiger partial charge in [0.05, 0.1) is 0 Å². The number of nitrogens with two attached hydrogens (primary N) is 1. The maximum atomic E-state index is 5.40. The van der Waals surface area contributed by atoms with Crippen molar-refractivity contribution in [1.82, 2.24) is 0 Å². The van der Waals surface area contributed by atoms with Gasteiger partial charge in [-0.05, 0) is 29.9 Å². The average Bonchev–Trinajstić information content (AvgIpc) is 2.98. The van der Waals surface area contributed by atoms with E-state index >= 15 is 0 Å². The molecule has 1 nitrogen and oxygen atoms in total. The molecule has 0 unspecified atom stereocenters. The highest BCUT2D eigenvalue weighted by molar-refractivity contribution is 5.51. The lowest BCUT2D eigenvalue weighted by atomic mass is 10.1. The van der Waals surface area contributed by atoms with E-state index in [0.717, 1.165) is 5.92 Å². The molecule has 0 bridgehead atoms. The van der Waals surface area contributed by atoms with Gasteiger partial charge in [-0.3, -0.25) is 0 Å². The van der Waals surface area contributed by atoms with Crippen molar-refractivity contribution in [3.05, 3.63) is 41.5 Å². The van der Waals surface area contributed by atoms with Crippen LogP contribution in [0.5, 0.6) is 0 Å². The Labute approximate surface area is 79.3 Å². The molecule has 0 atom stereocenters. The molecule has 1 fully saturated rings. The van der Waals surface area contributed by atoms with Crippen molar-refractivity contribution in [3.63, 3.8) is 0 Å². The Balaban J connectivity index is 2.16. The van der Waals surface area contributed by atoms with Gasteiger partial charge in [0.1, 0.15) is 0 Å². The maximum Gasteiger partial charge on any atom is 0.0110 e. The normalized spacial score (nSPS) is 16.7. The Morgan fingerprint density at radius 1 is 1.38 bits per heavy atom. The minimum absolute atomic E-state index is 0.619. The predicted molar refractivity (Wildman–Crippen MR) is 56.5 cm³/mol. The summed E-state index contributed by atoms with van der Waals surface area (Å²) in [6, 6.07) is 8.74. The molecule has 2 rings (SSSR count). The molecule has 1 aliphatic carbocycles. The van der Waals surface area contributed by atoms with Crippen LogP contribution in [0.25, 0.3) is 6.08 Å². The van der Waals surface area contributed by atoms with Crippen LogP contribution >= 0.6 is 0 Å². The molecule has 1 saturated carbocycles. The van der Waals surface area contributed by atoms with Gasteiger partial charge < -0.3 is 5.73 Å². The molecule has 0 heterocycles. The largest absolute Gasteiger partial charge is 0.327 e. The molecule has 1 aromatic carbocycles. The highest BCUT2D eigenvalue weighted by atomic mass is 14.5. The van der Waals surface area contributed by atoms with Crippen molar-refractivity contribution in [2.24, 2.45) is 5.73 Å². The van der Waals surface area contributed by atoms with E-state index in [1.54, 1.807) is 0 Å². The Morgan fingerprint density at radius 3 is 2.92 bits per heavy atom. The van der Waals surface area contributed by atoms with E-state index in [-0.39, 0.29) is 0 Å². The summed E-state index contributed by atoms with van der Waals surface area (Å²) in [5, 5.41) is 0. The van der Waals surface area contributed by atoms with E-state index in [1.807, 2.05) is 6.08 Å². The first-order valence-electron chi connectivity index (χ1n) is 4.87. The van der Waals surface area contributed by atoms with Crippen LogP contribution in [0.4, 0.5) is 0 Å². The maximum absolute atomic E-state index is 5.40. The van der Waals surface area contributed by atoms with Gasteiger partial charge in [0.25, 0.3) is 0 Å². The topological polar surface area (TPSA) is 26.0 Å². The average molecular weight is 173 g/mol. The fourth-order valence-corrected chi connectivity index (χ4v) is 1.54. The SMILES string of the molecule is NC/C=C/c1cccc(C2CC2)c1. The summed E-state index contributed by atoms with van der Waals surface area (Å²) in [6.45, 7) is 0.619. The van der Waals surface area contributed by atoms with E-state index in [2.05, 4.69) is 30.3 Å². The third-order valence-electron chi connectivity index (χ3n) is 2.41. The smallest absolute Gasteiger partial charge is 0.0110 e. The molecular formula is C12H15N. The molecule has 0 amide bonds. The third kappa shape index (κ3) is 2.19. The van der Waals surface area contributed by atoms with Gasteiger partial charge in [-0.1, -0.05) is 36.4 Å². The fraction of sp³-hybridized carbons (Fsp3) is 0.333.